The van der Waals surface area contributed by atoms with E-state index in [9.17, 15) is 9.59 Å². The van der Waals surface area contributed by atoms with Gasteiger partial charge in [0.1, 0.15) is 6.54 Å². The van der Waals surface area contributed by atoms with Crippen LogP contribution in [-0.2, 0) is 9.59 Å². The molecule has 0 aromatic heterocycles. The van der Waals surface area contributed by atoms with Gasteiger partial charge in [0.15, 0.2) is 11.5 Å². The lowest BCUT2D eigenvalue weighted by Crippen LogP contribution is -2.38. The summed E-state index contributed by atoms with van der Waals surface area (Å²) in [6.07, 6.45) is 0.274. The highest BCUT2D eigenvalue weighted by molar-refractivity contribution is 7.99. The largest absolute Gasteiger partial charge is 0.454 e. The third kappa shape index (κ3) is 4.54. The summed E-state index contributed by atoms with van der Waals surface area (Å²) in [4.78, 5) is 28.8. The Morgan fingerprint density at radius 1 is 1.03 bits per heavy atom. The van der Waals surface area contributed by atoms with E-state index in [0.717, 1.165) is 33.0 Å². The number of aryl methyl sites for hydroxylation is 2. The average molecular weight is 461 g/mol. The predicted octanol–water partition coefficient (Wildman–Crippen LogP) is 5.24. The number of nitrogens with zero attached hydrogens (tertiary/aromatic N) is 1. The highest BCUT2D eigenvalue weighted by Gasteiger charge is 2.31. The zero-order valence-electron chi connectivity index (χ0n) is 18.5. The van der Waals surface area contributed by atoms with Crippen molar-refractivity contribution < 1.29 is 19.1 Å². The number of thioether (sulfide) groups is 1. The number of carbonyl (C=O) groups excluding carboxylic acids is 2. The molecule has 2 aliphatic rings. The first-order valence-corrected chi connectivity index (χ1v) is 11.7. The van der Waals surface area contributed by atoms with Gasteiger partial charge in [0, 0.05) is 22.3 Å². The molecule has 33 heavy (non-hydrogen) atoms. The molecule has 168 valence electrons. The van der Waals surface area contributed by atoms with Crippen LogP contribution in [0.2, 0.25) is 0 Å². The van der Waals surface area contributed by atoms with Crippen LogP contribution >= 0.6 is 11.8 Å². The van der Waals surface area contributed by atoms with Crippen molar-refractivity contribution in [3.05, 3.63) is 77.4 Å². The van der Waals surface area contributed by atoms with Gasteiger partial charge in [0.25, 0.3) is 0 Å². The zero-order chi connectivity index (χ0) is 22.9. The summed E-state index contributed by atoms with van der Waals surface area (Å²) in [6, 6.07) is 19.4. The van der Waals surface area contributed by atoms with E-state index in [1.54, 1.807) is 16.7 Å². The molecule has 2 heterocycles. The minimum Gasteiger partial charge on any atom is -0.454 e. The third-order valence-corrected chi connectivity index (χ3v) is 6.98. The summed E-state index contributed by atoms with van der Waals surface area (Å²) >= 11 is 1.63. The van der Waals surface area contributed by atoms with Crippen molar-refractivity contribution in [3.8, 4) is 11.5 Å². The van der Waals surface area contributed by atoms with Crippen LogP contribution in [0.1, 0.15) is 28.4 Å². The van der Waals surface area contributed by atoms with Gasteiger partial charge in [0.2, 0.25) is 18.6 Å². The summed E-state index contributed by atoms with van der Waals surface area (Å²) in [7, 11) is 0. The van der Waals surface area contributed by atoms with Crippen LogP contribution in [0.15, 0.2) is 65.6 Å². The van der Waals surface area contributed by atoms with Gasteiger partial charge < -0.3 is 19.7 Å². The molecule has 3 aromatic rings. The number of hydrogen-bond donors (Lipinski definition) is 1. The molecule has 1 N–H and O–H groups in total. The van der Waals surface area contributed by atoms with Gasteiger partial charge in [-0.25, -0.2) is 0 Å². The van der Waals surface area contributed by atoms with E-state index < -0.39 is 0 Å². The maximum atomic E-state index is 13.4. The Kier molecular flexibility index (Phi) is 5.72. The maximum absolute atomic E-state index is 13.4. The zero-order valence-corrected chi connectivity index (χ0v) is 19.3. The molecule has 1 atom stereocenters. The van der Waals surface area contributed by atoms with Crippen LogP contribution in [0.25, 0.3) is 0 Å². The molecule has 0 bridgehead atoms. The monoisotopic (exact) mass is 460 g/mol. The highest BCUT2D eigenvalue weighted by atomic mass is 32.2. The molecule has 3 aromatic carbocycles. The van der Waals surface area contributed by atoms with E-state index in [1.165, 1.54) is 0 Å². The Bertz CT molecular complexity index is 1220. The summed E-state index contributed by atoms with van der Waals surface area (Å²) in [6.45, 7) is 4.15. The van der Waals surface area contributed by atoms with Crippen LogP contribution in [0.5, 0.6) is 11.5 Å². The van der Waals surface area contributed by atoms with Crippen molar-refractivity contribution in [2.75, 3.05) is 23.6 Å². The molecule has 0 aliphatic carbocycles. The van der Waals surface area contributed by atoms with Gasteiger partial charge in [-0.1, -0.05) is 24.3 Å². The van der Waals surface area contributed by atoms with Crippen molar-refractivity contribution in [2.24, 2.45) is 0 Å². The van der Waals surface area contributed by atoms with Crippen LogP contribution in [-0.4, -0.2) is 25.2 Å². The van der Waals surface area contributed by atoms with Gasteiger partial charge in [-0.05, 0) is 66.9 Å². The van der Waals surface area contributed by atoms with E-state index in [-0.39, 0.29) is 36.8 Å². The molecule has 0 radical (unpaired) electrons. The summed E-state index contributed by atoms with van der Waals surface area (Å²) in [5.74, 6) is 1.09. The number of para-hydroxylation sites is 1. The molecule has 1 unspecified atom stereocenters. The van der Waals surface area contributed by atoms with E-state index >= 15 is 0 Å². The first kappa shape index (κ1) is 21.4. The highest BCUT2D eigenvalue weighted by Crippen LogP contribution is 2.47. The van der Waals surface area contributed by atoms with E-state index in [1.807, 2.05) is 68.4 Å². The molecule has 0 saturated carbocycles. The molecule has 2 aliphatic heterocycles. The molecule has 0 saturated heterocycles. The quantitative estimate of drug-likeness (QED) is 0.577. The van der Waals surface area contributed by atoms with Crippen LogP contribution in [0, 0.1) is 13.8 Å². The van der Waals surface area contributed by atoms with Crippen molar-refractivity contribution in [1.82, 2.24) is 0 Å². The average Bonchev–Trinajstić information content (AvgIpc) is 3.19. The van der Waals surface area contributed by atoms with E-state index in [2.05, 4.69) is 11.4 Å². The third-order valence-electron chi connectivity index (χ3n) is 5.66. The molecule has 2 amide bonds. The Balaban J connectivity index is 1.39. The Morgan fingerprint density at radius 3 is 2.61 bits per heavy atom. The smallest absolute Gasteiger partial charge is 0.244 e. The minimum absolute atomic E-state index is 0.0444. The standard InChI is InChI=1S/C26H24N2O4S/c1-16-9-17(2)11-19(10-16)27-25(29)14-28-20-5-3-4-6-23(20)33-24(13-26(28)30)18-7-8-21-22(12-18)32-15-31-21/h3-12,24H,13-15H2,1-2H3,(H,27,29). The van der Waals surface area contributed by atoms with Crippen molar-refractivity contribution in [2.45, 2.75) is 30.4 Å². The number of amides is 2. The molecular formula is C26H24N2O4S. The van der Waals surface area contributed by atoms with Crippen molar-refractivity contribution >= 4 is 35.0 Å². The van der Waals surface area contributed by atoms with Crippen LogP contribution in [0.4, 0.5) is 11.4 Å². The fourth-order valence-electron chi connectivity index (χ4n) is 4.24. The normalized spacial score (nSPS) is 16.8. The molecule has 5 rings (SSSR count). The first-order chi connectivity index (χ1) is 16.0. The molecular weight excluding hydrogens is 436 g/mol. The number of fused-ring (bicyclic) bond motifs is 2. The lowest BCUT2D eigenvalue weighted by Gasteiger charge is -2.22. The minimum atomic E-state index is -0.227. The number of carbonyl (C=O) groups is 2. The number of benzene rings is 3. The topological polar surface area (TPSA) is 67.9 Å². The van der Waals surface area contributed by atoms with Gasteiger partial charge in [-0.15, -0.1) is 11.8 Å². The second-order valence-electron chi connectivity index (χ2n) is 8.30. The van der Waals surface area contributed by atoms with Crippen LogP contribution in [0.3, 0.4) is 0 Å². The first-order valence-electron chi connectivity index (χ1n) is 10.8. The number of ether oxygens (including phenoxy) is 2. The summed E-state index contributed by atoms with van der Waals surface area (Å²) in [5, 5.41) is 2.85. The van der Waals surface area contributed by atoms with Crippen LogP contribution < -0.4 is 19.7 Å². The molecule has 0 spiro atoms. The predicted molar refractivity (Wildman–Crippen MR) is 129 cm³/mol. The number of nitrogens with one attached hydrogen (secondary N) is 1. The fraction of sp³-hybridized carbons (Fsp3) is 0.231. The second kappa shape index (κ2) is 8.83. The van der Waals surface area contributed by atoms with Crippen molar-refractivity contribution in [3.63, 3.8) is 0 Å². The lowest BCUT2D eigenvalue weighted by atomic mass is 10.1. The SMILES string of the molecule is Cc1cc(C)cc(NC(=O)CN2C(=O)CC(c3ccc4c(c3)OCO4)Sc3ccccc32)c1. The van der Waals surface area contributed by atoms with Gasteiger partial charge in [-0.2, -0.15) is 0 Å². The number of rotatable bonds is 4. The summed E-state index contributed by atoms with van der Waals surface area (Å²) in [5.41, 5.74) is 4.63. The maximum Gasteiger partial charge on any atom is 0.244 e. The Morgan fingerprint density at radius 2 is 1.79 bits per heavy atom. The second-order valence-corrected chi connectivity index (χ2v) is 9.54. The molecule has 0 fully saturated rings. The Hall–Kier alpha value is -3.45. The Labute approximate surface area is 196 Å². The number of hydrogen-bond acceptors (Lipinski definition) is 5. The summed E-state index contributed by atoms with van der Waals surface area (Å²) < 4.78 is 10.9. The number of anilines is 2. The van der Waals surface area contributed by atoms with Gasteiger partial charge in [-0.3, -0.25) is 9.59 Å². The van der Waals surface area contributed by atoms with Gasteiger partial charge in [0.05, 0.1) is 5.69 Å². The molecule has 7 heteroatoms. The van der Waals surface area contributed by atoms with Crippen molar-refractivity contribution in [1.29, 1.82) is 0 Å². The lowest BCUT2D eigenvalue weighted by molar-refractivity contribution is -0.121. The fourth-order valence-corrected chi connectivity index (χ4v) is 5.51. The van der Waals surface area contributed by atoms with Gasteiger partial charge >= 0.3 is 0 Å². The van der Waals surface area contributed by atoms with E-state index in [4.69, 9.17) is 9.47 Å². The van der Waals surface area contributed by atoms with E-state index in [0.29, 0.717) is 11.5 Å². The molecule has 6 nitrogen and oxygen atoms in total.